The van der Waals surface area contributed by atoms with E-state index in [9.17, 15) is 9.59 Å². The van der Waals surface area contributed by atoms with Gasteiger partial charge in [0.15, 0.2) is 0 Å². The van der Waals surface area contributed by atoms with Crippen LogP contribution in [0.1, 0.15) is 26.3 Å². The summed E-state index contributed by atoms with van der Waals surface area (Å²) in [4.78, 5) is 19.1. The molecule has 0 unspecified atom stereocenters. The fraction of sp³-hybridized carbons (Fsp3) is 0.385. The monoisotopic (exact) mass is 236 g/mol. The number of carbonyl (C=O) groups excluding carboxylic acids is 2. The van der Waals surface area contributed by atoms with E-state index in [1.54, 1.807) is 20.8 Å². The quantitative estimate of drug-likeness (QED) is 0.803. The van der Waals surface area contributed by atoms with Gasteiger partial charge in [0.05, 0.1) is 0 Å². The molecule has 17 heavy (non-hydrogen) atoms. The SMILES string of the molecule is CC(C)(C)O[C]=O.O=[C]OCc1ccccc1. The van der Waals surface area contributed by atoms with Gasteiger partial charge in [-0.05, 0) is 26.3 Å². The molecule has 0 N–H and O–H groups in total. The Kier molecular flexibility index (Phi) is 7.43. The van der Waals surface area contributed by atoms with Crippen molar-refractivity contribution in [3.05, 3.63) is 35.9 Å². The predicted octanol–water partition coefficient (Wildman–Crippen LogP) is 2.14. The number of hydrogen-bond donors (Lipinski definition) is 0. The Balaban J connectivity index is 0.000000325. The van der Waals surface area contributed by atoms with E-state index in [0.717, 1.165) is 5.56 Å². The van der Waals surface area contributed by atoms with Gasteiger partial charge in [-0.3, -0.25) is 0 Å². The Morgan fingerprint density at radius 2 is 1.65 bits per heavy atom. The topological polar surface area (TPSA) is 52.6 Å². The first-order valence-corrected chi connectivity index (χ1v) is 5.07. The van der Waals surface area contributed by atoms with Gasteiger partial charge in [-0.15, -0.1) is 0 Å². The van der Waals surface area contributed by atoms with Crippen molar-refractivity contribution < 1.29 is 19.1 Å². The molecule has 1 aromatic rings. The standard InChI is InChI=1S/C8H7O2.C5H9O2/c9-7-10-6-8-4-2-1-3-5-8;1-5(2,3)7-4-6/h1-5H,6H2;1-3H3. The van der Waals surface area contributed by atoms with Gasteiger partial charge in [-0.2, -0.15) is 0 Å². The third-order valence-electron chi connectivity index (χ3n) is 1.49. The molecule has 4 nitrogen and oxygen atoms in total. The van der Waals surface area contributed by atoms with Crippen LogP contribution in [0.5, 0.6) is 0 Å². The summed E-state index contributed by atoms with van der Waals surface area (Å²) in [6.45, 7) is 8.40. The molecular weight excluding hydrogens is 220 g/mol. The van der Waals surface area contributed by atoms with Gasteiger partial charge < -0.3 is 9.47 Å². The van der Waals surface area contributed by atoms with E-state index in [2.05, 4.69) is 9.47 Å². The summed E-state index contributed by atoms with van der Waals surface area (Å²) in [5.74, 6) is 0. The Morgan fingerprint density at radius 1 is 1.06 bits per heavy atom. The summed E-state index contributed by atoms with van der Waals surface area (Å²) in [6.07, 6.45) is 0. The average molecular weight is 236 g/mol. The molecule has 0 saturated heterocycles. The highest BCUT2D eigenvalue weighted by Crippen LogP contribution is 2.02. The van der Waals surface area contributed by atoms with Crippen molar-refractivity contribution >= 4 is 12.9 Å². The molecule has 0 fully saturated rings. The second-order valence-corrected chi connectivity index (χ2v) is 4.16. The third-order valence-corrected chi connectivity index (χ3v) is 1.49. The van der Waals surface area contributed by atoms with Crippen LogP contribution in [0.4, 0.5) is 0 Å². The minimum Gasteiger partial charge on any atom is -0.452 e. The van der Waals surface area contributed by atoms with E-state index < -0.39 is 0 Å². The van der Waals surface area contributed by atoms with Crippen LogP contribution in [0, 0.1) is 0 Å². The van der Waals surface area contributed by atoms with Gasteiger partial charge in [0.2, 0.25) is 0 Å². The van der Waals surface area contributed by atoms with Crippen LogP contribution in [-0.2, 0) is 25.7 Å². The van der Waals surface area contributed by atoms with Crippen molar-refractivity contribution in [3.63, 3.8) is 0 Å². The average Bonchev–Trinajstić information content (AvgIpc) is 2.27. The molecule has 0 aliphatic carbocycles. The lowest BCUT2D eigenvalue weighted by Crippen LogP contribution is -2.17. The molecule has 1 rings (SSSR count). The molecule has 0 aromatic heterocycles. The highest BCUT2D eigenvalue weighted by Gasteiger charge is 2.08. The molecule has 1 aromatic carbocycles. The van der Waals surface area contributed by atoms with Gasteiger partial charge in [-0.1, -0.05) is 30.3 Å². The van der Waals surface area contributed by atoms with Gasteiger partial charge in [0.25, 0.3) is 0 Å². The van der Waals surface area contributed by atoms with Gasteiger partial charge in [-0.25, -0.2) is 9.59 Å². The van der Waals surface area contributed by atoms with Gasteiger partial charge in [0.1, 0.15) is 12.2 Å². The van der Waals surface area contributed by atoms with Crippen LogP contribution >= 0.6 is 0 Å². The van der Waals surface area contributed by atoms with E-state index >= 15 is 0 Å². The number of ether oxygens (including phenoxy) is 2. The summed E-state index contributed by atoms with van der Waals surface area (Å²) >= 11 is 0. The van der Waals surface area contributed by atoms with Crippen molar-refractivity contribution in [1.29, 1.82) is 0 Å². The molecule has 0 spiro atoms. The lowest BCUT2D eigenvalue weighted by Gasteiger charge is -2.13. The zero-order valence-corrected chi connectivity index (χ0v) is 10.2. The van der Waals surface area contributed by atoms with Crippen LogP contribution in [0.3, 0.4) is 0 Å². The summed E-state index contributed by atoms with van der Waals surface area (Å²) in [5.41, 5.74) is 0.604. The second kappa shape index (κ2) is 8.33. The lowest BCUT2D eigenvalue weighted by atomic mass is 10.2. The zero-order chi connectivity index (χ0) is 13.1. The summed E-state index contributed by atoms with van der Waals surface area (Å²) < 4.78 is 8.84. The van der Waals surface area contributed by atoms with E-state index in [1.165, 1.54) is 12.9 Å². The van der Waals surface area contributed by atoms with E-state index in [-0.39, 0.29) is 5.60 Å². The maximum atomic E-state index is 9.63. The molecule has 0 amide bonds. The molecule has 0 bridgehead atoms. The maximum Gasteiger partial charge on any atom is 0.418 e. The molecular formula is C13H16O4. The van der Waals surface area contributed by atoms with Crippen LogP contribution in [-0.4, -0.2) is 18.5 Å². The minimum atomic E-state index is -0.373. The zero-order valence-electron chi connectivity index (χ0n) is 10.2. The first-order chi connectivity index (χ1) is 7.99. The van der Waals surface area contributed by atoms with Crippen molar-refractivity contribution in [3.8, 4) is 0 Å². The molecule has 92 valence electrons. The molecule has 4 heteroatoms. The fourth-order valence-corrected chi connectivity index (χ4v) is 0.812. The fourth-order valence-electron chi connectivity index (χ4n) is 0.812. The van der Waals surface area contributed by atoms with Crippen LogP contribution in [0.25, 0.3) is 0 Å². The molecule has 0 heterocycles. The van der Waals surface area contributed by atoms with E-state index in [4.69, 9.17) is 0 Å². The number of hydrogen-bond acceptors (Lipinski definition) is 4. The highest BCUT2D eigenvalue weighted by atomic mass is 16.5. The highest BCUT2D eigenvalue weighted by molar-refractivity contribution is 5.39. The Hall–Kier alpha value is -1.84. The Morgan fingerprint density at radius 3 is 2.00 bits per heavy atom. The first kappa shape index (κ1) is 15.2. The van der Waals surface area contributed by atoms with E-state index in [1.807, 2.05) is 30.3 Å². The molecule has 0 aliphatic heterocycles. The van der Waals surface area contributed by atoms with Crippen LogP contribution in [0.2, 0.25) is 0 Å². The maximum absolute atomic E-state index is 9.63. The summed E-state index contributed by atoms with van der Waals surface area (Å²) in [6, 6.07) is 9.47. The largest absolute Gasteiger partial charge is 0.452 e. The van der Waals surface area contributed by atoms with Crippen molar-refractivity contribution in [2.24, 2.45) is 0 Å². The van der Waals surface area contributed by atoms with Gasteiger partial charge >= 0.3 is 12.9 Å². The predicted molar refractivity (Wildman–Crippen MR) is 63.5 cm³/mol. The second-order valence-electron chi connectivity index (χ2n) is 4.16. The normalized spacial score (nSPS) is 9.59. The summed E-state index contributed by atoms with van der Waals surface area (Å²) in [7, 11) is 0. The van der Waals surface area contributed by atoms with Crippen LogP contribution in [0.15, 0.2) is 30.3 Å². The Labute approximate surface area is 102 Å². The van der Waals surface area contributed by atoms with Gasteiger partial charge in [0, 0.05) is 0 Å². The number of benzene rings is 1. The van der Waals surface area contributed by atoms with Crippen LogP contribution < -0.4 is 0 Å². The van der Waals surface area contributed by atoms with E-state index in [0.29, 0.717) is 6.61 Å². The van der Waals surface area contributed by atoms with Crippen molar-refractivity contribution in [1.82, 2.24) is 0 Å². The smallest absolute Gasteiger partial charge is 0.418 e. The van der Waals surface area contributed by atoms with Crippen molar-refractivity contribution in [2.75, 3.05) is 0 Å². The molecule has 2 radical (unpaired) electrons. The molecule has 0 aliphatic rings. The Bertz CT molecular complexity index is 314. The summed E-state index contributed by atoms with van der Waals surface area (Å²) in [5, 5.41) is 0. The minimum absolute atomic E-state index is 0.310. The number of rotatable bonds is 4. The molecule has 0 atom stereocenters. The molecule has 0 saturated carbocycles. The van der Waals surface area contributed by atoms with Crippen molar-refractivity contribution in [2.45, 2.75) is 33.0 Å². The lowest BCUT2D eigenvalue weighted by molar-refractivity contribution is 0.109. The first-order valence-electron chi connectivity index (χ1n) is 5.07. The third kappa shape index (κ3) is 10.4.